The highest BCUT2D eigenvalue weighted by molar-refractivity contribution is 6.33. The van der Waals surface area contributed by atoms with Gasteiger partial charge in [-0.15, -0.1) is 0 Å². The normalized spacial score (nSPS) is 24.0. The van der Waals surface area contributed by atoms with Gasteiger partial charge in [0.25, 0.3) is 0 Å². The smallest absolute Gasteiger partial charge is 0.0658 e. The van der Waals surface area contributed by atoms with Crippen molar-refractivity contribution in [2.75, 3.05) is 23.7 Å². The summed E-state index contributed by atoms with van der Waals surface area (Å²) in [5, 5.41) is 0.687. The molecule has 2 unspecified atom stereocenters. The summed E-state index contributed by atoms with van der Waals surface area (Å²) in [5.74, 6) is 1.88. The first kappa shape index (κ1) is 14.5. The fraction of sp³-hybridized carbons (Fsp3) is 0.625. The summed E-state index contributed by atoms with van der Waals surface area (Å²) >= 11 is 6.30. The van der Waals surface area contributed by atoms with E-state index in [0.29, 0.717) is 10.9 Å². The Morgan fingerprint density at radius 1 is 1.21 bits per heavy atom. The van der Waals surface area contributed by atoms with Crippen molar-refractivity contribution in [3.8, 4) is 0 Å². The molecule has 2 nitrogen and oxygen atoms in total. The number of nitrogens with zero attached hydrogens (tertiary/aromatic N) is 1. The van der Waals surface area contributed by atoms with E-state index in [1.54, 1.807) is 0 Å². The zero-order valence-electron chi connectivity index (χ0n) is 12.4. The van der Waals surface area contributed by atoms with Gasteiger partial charge < -0.3 is 10.6 Å². The average Bonchev–Trinajstić information content (AvgIpc) is 2.30. The predicted octanol–water partition coefficient (Wildman–Crippen LogP) is 4.53. The molecule has 3 heteroatoms. The van der Waals surface area contributed by atoms with Gasteiger partial charge in [-0.05, 0) is 41.9 Å². The van der Waals surface area contributed by atoms with E-state index >= 15 is 0 Å². The van der Waals surface area contributed by atoms with Crippen molar-refractivity contribution < 1.29 is 0 Å². The van der Waals surface area contributed by atoms with E-state index in [2.05, 4.69) is 38.7 Å². The molecule has 0 radical (unpaired) electrons. The number of hydrogen-bond donors (Lipinski definition) is 1. The Labute approximate surface area is 121 Å². The molecule has 0 spiro atoms. The molecule has 2 rings (SSSR count). The Morgan fingerprint density at radius 2 is 1.79 bits per heavy atom. The third kappa shape index (κ3) is 3.17. The molecule has 1 fully saturated rings. The van der Waals surface area contributed by atoms with E-state index in [1.807, 2.05) is 6.07 Å². The topological polar surface area (TPSA) is 29.3 Å². The molecule has 2 N–H and O–H groups in total. The van der Waals surface area contributed by atoms with Crippen LogP contribution in [0.2, 0.25) is 5.02 Å². The van der Waals surface area contributed by atoms with E-state index in [4.69, 9.17) is 17.3 Å². The molecule has 19 heavy (non-hydrogen) atoms. The van der Waals surface area contributed by atoms with E-state index < -0.39 is 0 Å². The molecule has 0 aliphatic carbocycles. The maximum atomic E-state index is 6.30. The van der Waals surface area contributed by atoms with Gasteiger partial charge in [0.1, 0.15) is 0 Å². The molecule has 0 bridgehead atoms. The van der Waals surface area contributed by atoms with Crippen LogP contribution < -0.4 is 10.6 Å². The number of halogens is 1. The molecule has 106 valence electrons. The Morgan fingerprint density at radius 3 is 2.32 bits per heavy atom. The third-order valence-electron chi connectivity index (χ3n) is 4.00. The molecule has 1 aliphatic heterocycles. The van der Waals surface area contributed by atoms with E-state index in [1.165, 1.54) is 12.1 Å². The number of nitrogens with two attached hydrogens (primary N) is 1. The summed E-state index contributed by atoms with van der Waals surface area (Å²) in [6.45, 7) is 11.2. The van der Waals surface area contributed by atoms with Crippen LogP contribution in [-0.2, 0) is 0 Å². The SMILES string of the molecule is CC1CC(C)CN(c2cc(Cl)c(N)c(C(C)C)c2)C1. The van der Waals surface area contributed by atoms with Crippen LogP contribution in [0.5, 0.6) is 0 Å². The minimum absolute atomic E-state index is 0.400. The van der Waals surface area contributed by atoms with Gasteiger partial charge >= 0.3 is 0 Å². The first-order valence-electron chi connectivity index (χ1n) is 7.22. The van der Waals surface area contributed by atoms with Gasteiger partial charge in [0.05, 0.1) is 10.7 Å². The van der Waals surface area contributed by atoms with E-state index in [9.17, 15) is 0 Å². The first-order valence-corrected chi connectivity index (χ1v) is 7.60. The van der Waals surface area contributed by atoms with Crippen molar-refractivity contribution >= 4 is 23.0 Å². The van der Waals surface area contributed by atoms with Crippen LogP contribution >= 0.6 is 11.6 Å². The predicted molar refractivity (Wildman–Crippen MR) is 85.1 cm³/mol. The summed E-state index contributed by atoms with van der Waals surface area (Å²) in [7, 11) is 0. The molecule has 2 atom stereocenters. The number of nitrogen functional groups attached to an aromatic ring is 1. The van der Waals surface area contributed by atoms with Gasteiger partial charge in [0.2, 0.25) is 0 Å². The lowest BCUT2D eigenvalue weighted by Gasteiger charge is -2.37. The molecule has 1 aromatic carbocycles. The highest BCUT2D eigenvalue weighted by atomic mass is 35.5. The van der Waals surface area contributed by atoms with Gasteiger partial charge in [-0.25, -0.2) is 0 Å². The quantitative estimate of drug-likeness (QED) is 0.807. The molecule has 1 aliphatic rings. The average molecular weight is 281 g/mol. The van der Waals surface area contributed by atoms with Gasteiger partial charge in [-0.3, -0.25) is 0 Å². The van der Waals surface area contributed by atoms with Crippen molar-refractivity contribution in [1.29, 1.82) is 0 Å². The minimum Gasteiger partial charge on any atom is -0.397 e. The van der Waals surface area contributed by atoms with Crippen LogP contribution in [0, 0.1) is 11.8 Å². The third-order valence-corrected chi connectivity index (χ3v) is 4.32. The number of benzene rings is 1. The summed E-state index contributed by atoms with van der Waals surface area (Å²) in [5.41, 5.74) is 9.20. The van der Waals surface area contributed by atoms with Crippen LogP contribution in [0.15, 0.2) is 12.1 Å². The zero-order valence-corrected chi connectivity index (χ0v) is 13.2. The van der Waals surface area contributed by atoms with Gasteiger partial charge in [0, 0.05) is 18.8 Å². The van der Waals surface area contributed by atoms with Crippen LogP contribution in [0.3, 0.4) is 0 Å². The largest absolute Gasteiger partial charge is 0.397 e. The van der Waals surface area contributed by atoms with Crippen molar-refractivity contribution in [2.45, 2.75) is 40.0 Å². The summed E-state index contributed by atoms with van der Waals surface area (Å²) in [6, 6.07) is 4.24. The standard InChI is InChI=1S/C16H25ClN2/c1-10(2)14-6-13(7-15(17)16(14)18)19-8-11(3)5-12(4)9-19/h6-7,10-12H,5,8-9,18H2,1-4H3. The van der Waals surface area contributed by atoms with E-state index in [0.717, 1.165) is 36.2 Å². The second kappa shape index (κ2) is 5.62. The Bertz CT molecular complexity index is 446. The summed E-state index contributed by atoms with van der Waals surface area (Å²) in [4.78, 5) is 2.45. The molecular weight excluding hydrogens is 256 g/mol. The van der Waals surface area contributed by atoms with Crippen molar-refractivity contribution in [3.63, 3.8) is 0 Å². The zero-order chi connectivity index (χ0) is 14.2. The number of piperidine rings is 1. The highest BCUT2D eigenvalue weighted by Crippen LogP contribution is 2.35. The summed E-state index contributed by atoms with van der Waals surface area (Å²) < 4.78 is 0. The Hall–Kier alpha value is -0.890. The lowest BCUT2D eigenvalue weighted by molar-refractivity contribution is 0.357. The van der Waals surface area contributed by atoms with Crippen LogP contribution in [0.25, 0.3) is 0 Å². The fourth-order valence-corrected chi connectivity index (χ4v) is 3.38. The minimum atomic E-state index is 0.400. The first-order chi connectivity index (χ1) is 8.88. The number of anilines is 2. The van der Waals surface area contributed by atoms with Gasteiger partial charge in [-0.2, -0.15) is 0 Å². The molecule has 0 saturated carbocycles. The Balaban J connectivity index is 2.34. The van der Waals surface area contributed by atoms with Crippen molar-refractivity contribution in [3.05, 3.63) is 22.7 Å². The van der Waals surface area contributed by atoms with Crippen LogP contribution in [-0.4, -0.2) is 13.1 Å². The molecule has 0 amide bonds. The highest BCUT2D eigenvalue weighted by Gasteiger charge is 2.23. The molecule has 1 heterocycles. The molecule has 1 saturated heterocycles. The van der Waals surface area contributed by atoms with E-state index in [-0.39, 0.29) is 0 Å². The maximum absolute atomic E-state index is 6.30. The number of rotatable bonds is 2. The van der Waals surface area contributed by atoms with Gasteiger partial charge in [0.15, 0.2) is 0 Å². The fourth-order valence-electron chi connectivity index (χ4n) is 3.16. The van der Waals surface area contributed by atoms with Crippen LogP contribution in [0.1, 0.15) is 45.6 Å². The Kier molecular flexibility index (Phi) is 4.29. The van der Waals surface area contributed by atoms with Gasteiger partial charge in [-0.1, -0.05) is 39.3 Å². The molecular formula is C16H25ClN2. The van der Waals surface area contributed by atoms with Crippen molar-refractivity contribution in [2.24, 2.45) is 11.8 Å². The van der Waals surface area contributed by atoms with Crippen molar-refractivity contribution in [1.82, 2.24) is 0 Å². The summed E-state index contributed by atoms with van der Waals surface area (Å²) in [6.07, 6.45) is 1.32. The molecule has 0 aromatic heterocycles. The maximum Gasteiger partial charge on any atom is 0.0658 e. The molecule has 1 aromatic rings. The lowest BCUT2D eigenvalue weighted by atomic mass is 9.91. The van der Waals surface area contributed by atoms with Crippen LogP contribution in [0.4, 0.5) is 11.4 Å². The second-order valence-corrected chi connectivity index (χ2v) is 6.84. The number of hydrogen-bond acceptors (Lipinski definition) is 2. The lowest BCUT2D eigenvalue weighted by Crippen LogP contribution is -2.38. The monoisotopic (exact) mass is 280 g/mol. The second-order valence-electron chi connectivity index (χ2n) is 6.44.